The predicted octanol–water partition coefficient (Wildman–Crippen LogP) is 5.84. The molecule has 2 aliphatic rings. The highest BCUT2D eigenvalue weighted by molar-refractivity contribution is 5.49. The first-order chi connectivity index (χ1) is 12.4. The minimum atomic E-state index is 0.0396. The molecule has 0 aromatic heterocycles. The third-order valence-electron chi connectivity index (χ3n) is 8.10. The van der Waals surface area contributed by atoms with Crippen LogP contribution in [0.2, 0.25) is 0 Å². The Balaban J connectivity index is 1.93. The molecule has 2 aromatic carbocycles. The van der Waals surface area contributed by atoms with Crippen molar-refractivity contribution in [2.75, 3.05) is 14.2 Å². The zero-order valence-electron chi connectivity index (χ0n) is 16.6. The summed E-state index contributed by atoms with van der Waals surface area (Å²) in [6.45, 7) is 7.49. The number of hydrogen-bond donors (Lipinski definition) is 0. The fraction of sp³-hybridized carbons (Fsp3) is 0.500. The smallest absolute Gasteiger partial charge is 0.118 e. The summed E-state index contributed by atoms with van der Waals surface area (Å²) in [5.74, 6) is 2.61. The second-order valence-corrected chi connectivity index (χ2v) is 8.86. The minimum absolute atomic E-state index is 0.0396. The van der Waals surface area contributed by atoms with Crippen LogP contribution in [0.1, 0.15) is 51.2 Å². The maximum absolute atomic E-state index is 5.41. The summed E-state index contributed by atoms with van der Waals surface area (Å²) in [4.78, 5) is 0. The molecule has 2 aromatic rings. The lowest BCUT2D eigenvalue weighted by molar-refractivity contribution is 0.0966. The summed E-state index contributed by atoms with van der Waals surface area (Å²) in [5.41, 5.74) is 3.43. The number of hydrogen-bond acceptors (Lipinski definition) is 2. The standard InChI is InChI=1S/C24H30O2/c1-22(2)19-14-15-23(22,3)24(16-19,17-6-10-20(25-4)11-7-17)18-8-12-21(26-5)13-9-18/h6-13,19H,14-16H2,1-5H3. The van der Waals surface area contributed by atoms with Gasteiger partial charge < -0.3 is 9.47 Å². The lowest BCUT2D eigenvalue weighted by Gasteiger charge is -2.50. The molecular weight excluding hydrogens is 320 g/mol. The van der Waals surface area contributed by atoms with Gasteiger partial charge in [0.05, 0.1) is 14.2 Å². The quantitative estimate of drug-likeness (QED) is 0.690. The number of methoxy groups -OCH3 is 2. The van der Waals surface area contributed by atoms with E-state index in [1.807, 2.05) is 0 Å². The van der Waals surface area contributed by atoms with Crippen LogP contribution in [0.15, 0.2) is 48.5 Å². The van der Waals surface area contributed by atoms with Crippen molar-refractivity contribution in [2.24, 2.45) is 16.7 Å². The first-order valence-electron chi connectivity index (χ1n) is 9.68. The van der Waals surface area contributed by atoms with Crippen LogP contribution >= 0.6 is 0 Å². The van der Waals surface area contributed by atoms with Gasteiger partial charge in [-0.05, 0) is 71.4 Å². The van der Waals surface area contributed by atoms with Crippen LogP contribution in [0.25, 0.3) is 0 Å². The summed E-state index contributed by atoms with van der Waals surface area (Å²) in [6.07, 6.45) is 3.84. The third kappa shape index (κ3) is 2.05. The van der Waals surface area contributed by atoms with Gasteiger partial charge in [-0.2, -0.15) is 0 Å². The molecule has 2 nitrogen and oxygen atoms in total. The van der Waals surface area contributed by atoms with E-state index >= 15 is 0 Å². The van der Waals surface area contributed by atoms with Crippen LogP contribution in [0.5, 0.6) is 11.5 Å². The van der Waals surface area contributed by atoms with Crippen molar-refractivity contribution in [1.82, 2.24) is 0 Å². The summed E-state index contributed by atoms with van der Waals surface area (Å²) < 4.78 is 10.8. The van der Waals surface area contributed by atoms with Crippen molar-refractivity contribution in [3.05, 3.63) is 59.7 Å². The Morgan fingerprint density at radius 1 is 0.769 bits per heavy atom. The van der Waals surface area contributed by atoms with Crippen LogP contribution in [0.3, 0.4) is 0 Å². The van der Waals surface area contributed by atoms with E-state index < -0.39 is 0 Å². The molecule has 26 heavy (non-hydrogen) atoms. The van der Waals surface area contributed by atoms with Gasteiger partial charge in [0.1, 0.15) is 11.5 Å². The Bertz CT molecular complexity index is 740. The van der Waals surface area contributed by atoms with Crippen molar-refractivity contribution < 1.29 is 9.47 Å². The molecular formula is C24H30O2. The molecule has 0 heterocycles. The average molecular weight is 351 g/mol. The zero-order chi connectivity index (χ0) is 18.6. The van der Waals surface area contributed by atoms with Gasteiger partial charge in [-0.15, -0.1) is 0 Å². The molecule has 0 saturated heterocycles. The average Bonchev–Trinajstić information content (AvgIpc) is 3.00. The lowest BCUT2D eigenvalue weighted by atomic mass is 9.53. The van der Waals surface area contributed by atoms with Crippen LogP contribution in [-0.2, 0) is 5.41 Å². The largest absolute Gasteiger partial charge is 0.497 e. The van der Waals surface area contributed by atoms with E-state index in [1.165, 1.54) is 30.4 Å². The van der Waals surface area contributed by atoms with E-state index in [9.17, 15) is 0 Å². The van der Waals surface area contributed by atoms with E-state index in [0.29, 0.717) is 5.41 Å². The molecule has 2 saturated carbocycles. The molecule has 2 bridgehead atoms. The lowest BCUT2D eigenvalue weighted by Crippen LogP contribution is -2.45. The van der Waals surface area contributed by atoms with Gasteiger partial charge in [-0.25, -0.2) is 0 Å². The molecule has 0 aliphatic heterocycles. The number of fused-ring (bicyclic) bond motifs is 2. The Morgan fingerprint density at radius 2 is 1.23 bits per heavy atom. The molecule has 138 valence electrons. The van der Waals surface area contributed by atoms with Crippen molar-refractivity contribution >= 4 is 0 Å². The van der Waals surface area contributed by atoms with E-state index in [0.717, 1.165) is 17.4 Å². The SMILES string of the molecule is COc1ccc(C2(c3ccc(OC)cc3)CC3CCC2(C)C3(C)C)cc1. The maximum atomic E-state index is 5.41. The van der Waals surface area contributed by atoms with Crippen molar-refractivity contribution in [3.8, 4) is 11.5 Å². The Hall–Kier alpha value is -1.96. The predicted molar refractivity (Wildman–Crippen MR) is 106 cm³/mol. The maximum Gasteiger partial charge on any atom is 0.118 e. The zero-order valence-corrected chi connectivity index (χ0v) is 16.6. The minimum Gasteiger partial charge on any atom is -0.497 e. The van der Waals surface area contributed by atoms with Gasteiger partial charge in [0, 0.05) is 5.41 Å². The van der Waals surface area contributed by atoms with E-state index in [2.05, 4.69) is 69.3 Å². The van der Waals surface area contributed by atoms with E-state index in [4.69, 9.17) is 9.47 Å². The molecule has 2 aliphatic carbocycles. The topological polar surface area (TPSA) is 18.5 Å². The van der Waals surface area contributed by atoms with Crippen LogP contribution in [-0.4, -0.2) is 14.2 Å². The van der Waals surface area contributed by atoms with Gasteiger partial charge in [0.25, 0.3) is 0 Å². The van der Waals surface area contributed by atoms with Crippen LogP contribution < -0.4 is 9.47 Å². The Morgan fingerprint density at radius 3 is 1.54 bits per heavy atom. The third-order valence-corrected chi connectivity index (χ3v) is 8.10. The van der Waals surface area contributed by atoms with Gasteiger partial charge in [0.2, 0.25) is 0 Å². The highest BCUT2D eigenvalue weighted by Crippen LogP contribution is 2.75. The number of benzene rings is 2. The second-order valence-electron chi connectivity index (χ2n) is 8.86. The van der Waals surface area contributed by atoms with E-state index in [1.54, 1.807) is 14.2 Å². The van der Waals surface area contributed by atoms with Crippen molar-refractivity contribution in [3.63, 3.8) is 0 Å². The van der Waals surface area contributed by atoms with E-state index in [-0.39, 0.29) is 10.8 Å². The van der Waals surface area contributed by atoms with Gasteiger partial charge >= 0.3 is 0 Å². The molecule has 2 atom stereocenters. The molecule has 2 heteroatoms. The first-order valence-corrected chi connectivity index (χ1v) is 9.68. The van der Waals surface area contributed by atoms with Crippen LogP contribution in [0, 0.1) is 16.7 Å². The second kappa shape index (κ2) is 5.77. The molecule has 0 N–H and O–H groups in total. The van der Waals surface area contributed by atoms with Crippen molar-refractivity contribution in [2.45, 2.75) is 45.4 Å². The van der Waals surface area contributed by atoms with Crippen LogP contribution in [0.4, 0.5) is 0 Å². The molecule has 0 radical (unpaired) electrons. The summed E-state index contributed by atoms with van der Waals surface area (Å²) in [6, 6.07) is 17.6. The first kappa shape index (κ1) is 17.5. The summed E-state index contributed by atoms with van der Waals surface area (Å²) in [7, 11) is 3.46. The molecule has 0 amide bonds. The molecule has 0 spiro atoms. The molecule has 2 unspecified atom stereocenters. The number of rotatable bonds is 4. The van der Waals surface area contributed by atoms with Gasteiger partial charge in [0.15, 0.2) is 0 Å². The molecule has 4 rings (SSSR count). The summed E-state index contributed by atoms with van der Waals surface area (Å²) >= 11 is 0. The van der Waals surface area contributed by atoms with Gasteiger partial charge in [-0.1, -0.05) is 45.0 Å². The number of ether oxygens (including phenoxy) is 2. The summed E-state index contributed by atoms with van der Waals surface area (Å²) in [5, 5.41) is 0. The van der Waals surface area contributed by atoms with Crippen molar-refractivity contribution in [1.29, 1.82) is 0 Å². The fourth-order valence-electron chi connectivity index (χ4n) is 6.10. The Kier molecular flexibility index (Phi) is 3.87. The monoisotopic (exact) mass is 350 g/mol. The fourth-order valence-corrected chi connectivity index (χ4v) is 6.10. The van der Waals surface area contributed by atoms with Gasteiger partial charge in [-0.3, -0.25) is 0 Å². The highest BCUT2D eigenvalue weighted by Gasteiger charge is 2.69. The normalized spacial score (nSPS) is 28.1. The highest BCUT2D eigenvalue weighted by atomic mass is 16.5. The Labute approximate surface area is 157 Å². The molecule has 2 fully saturated rings.